The Kier molecular flexibility index (Phi) is 8.43. The summed E-state index contributed by atoms with van der Waals surface area (Å²) in [5.74, 6) is 1.34. The van der Waals surface area contributed by atoms with E-state index >= 15 is 0 Å². The molecule has 0 atom stereocenters. The van der Waals surface area contributed by atoms with Crippen molar-refractivity contribution in [3.63, 3.8) is 0 Å². The first-order valence-corrected chi connectivity index (χ1v) is 18.1. The highest BCUT2D eigenvalue weighted by Crippen LogP contribution is 2.49. The zero-order chi connectivity index (χ0) is 37.3. The quantitative estimate of drug-likeness (QED) is 0.164. The fraction of sp³-hybridized carbons (Fsp3) is 0.0417. The number of hydrogen-bond donors (Lipinski definition) is 0. The van der Waals surface area contributed by atoms with Crippen molar-refractivity contribution in [3.8, 4) is 45.9 Å². The van der Waals surface area contributed by atoms with Crippen LogP contribution in [0.1, 0.15) is 16.7 Å². The van der Waals surface area contributed by atoms with Gasteiger partial charge in [0.25, 0.3) is 0 Å². The number of aryl methyl sites for hydroxylation is 1. The van der Waals surface area contributed by atoms with Crippen LogP contribution in [0.5, 0.6) is 0 Å². The molecule has 1 aliphatic heterocycles. The maximum atomic E-state index is 9.73. The maximum Gasteiger partial charge on any atom is 0.179 e. The van der Waals surface area contributed by atoms with Crippen molar-refractivity contribution in [2.45, 2.75) is 6.17 Å². The van der Waals surface area contributed by atoms with Crippen LogP contribution in [0.2, 0.25) is 0 Å². The Morgan fingerprint density at radius 2 is 0.964 bits per heavy atom. The van der Waals surface area contributed by atoms with Gasteiger partial charge in [-0.2, -0.15) is 10.5 Å². The van der Waals surface area contributed by atoms with E-state index in [2.05, 4.69) is 119 Å². The average molecular weight is 708 g/mol. The minimum atomic E-state index is -0.451. The molecule has 1 aliphatic rings. The number of nitrogens with zero attached hydrogens (tertiary/aromatic N) is 7. The Bertz CT molecular complexity index is 2650. The number of para-hydroxylation sites is 1. The van der Waals surface area contributed by atoms with Crippen LogP contribution >= 0.6 is 0 Å². The lowest BCUT2D eigenvalue weighted by molar-refractivity contribution is 0.827. The van der Waals surface area contributed by atoms with E-state index in [-0.39, 0.29) is 0 Å². The van der Waals surface area contributed by atoms with Gasteiger partial charge in [-0.3, -0.25) is 9.80 Å². The van der Waals surface area contributed by atoms with Crippen LogP contribution in [0.3, 0.4) is 0 Å². The monoisotopic (exact) mass is 707 g/mol. The number of hydrogen-bond acceptors (Lipinski definition) is 6. The van der Waals surface area contributed by atoms with E-state index < -0.39 is 6.17 Å². The third-order valence-corrected chi connectivity index (χ3v) is 10.1. The molecule has 7 heteroatoms. The van der Waals surface area contributed by atoms with E-state index in [4.69, 9.17) is 9.97 Å². The van der Waals surface area contributed by atoms with Crippen LogP contribution in [-0.4, -0.2) is 20.7 Å². The molecule has 260 valence electrons. The van der Waals surface area contributed by atoms with E-state index in [0.29, 0.717) is 22.8 Å². The molecule has 7 nitrogen and oxygen atoms in total. The van der Waals surface area contributed by atoms with E-state index in [0.717, 1.165) is 61.6 Å². The van der Waals surface area contributed by atoms with Crippen molar-refractivity contribution >= 4 is 40.0 Å². The van der Waals surface area contributed by atoms with Gasteiger partial charge in [-0.05, 0) is 66.2 Å². The minimum absolute atomic E-state index is 0.451. The van der Waals surface area contributed by atoms with E-state index in [1.165, 1.54) is 0 Å². The number of fused-ring (bicyclic) bond motifs is 2. The van der Waals surface area contributed by atoms with Crippen LogP contribution in [0.4, 0.5) is 23.0 Å². The minimum Gasteiger partial charge on any atom is -0.343 e. The molecule has 0 bridgehead atoms. The van der Waals surface area contributed by atoms with Gasteiger partial charge in [0.1, 0.15) is 6.17 Å². The normalized spacial score (nSPS) is 12.6. The summed E-state index contributed by atoms with van der Waals surface area (Å²) in [5, 5.41) is 20.6. The predicted octanol–water partition coefficient (Wildman–Crippen LogP) is 11.0. The van der Waals surface area contributed by atoms with E-state index in [9.17, 15) is 10.5 Å². The lowest BCUT2D eigenvalue weighted by Crippen LogP contribution is -2.36. The highest BCUT2D eigenvalue weighted by atomic mass is 15.5. The van der Waals surface area contributed by atoms with E-state index in [1.807, 2.05) is 91.0 Å². The Hall–Kier alpha value is -7.74. The molecule has 3 heterocycles. The first-order valence-electron chi connectivity index (χ1n) is 18.1. The summed E-state index contributed by atoms with van der Waals surface area (Å²) >= 11 is 0. The summed E-state index contributed by atoms with van der Waals surface area (Å²) in [6.45, 7) is 0. The van der Waals surface area contributed by atoms with Crippen LogP contribution < -0.4 is 9.80 Å². The van der Waals surface area contributed by atoms with Gasteiger partial charge in [-0.1, -0.05) is 115 Å². The van der Waals surface area contributed by atoms with Crippen molar-refractivity contribution in [1.82, 2.24) is 14.5 Å². The van der Waals surface area contributed by atoms with Gasteiger partial charge < -0.3 is 4.57 Å². The first kappa shape index (κ1) is 33.1. The molecule has 0 spiro atoms. The second-order valence-electron chi connectivity index (χ2n) is 13.3. The fourth-order valence-electron chi connectivity index (χ4n) is 7.54. The summed E-state index contributed by atoms with van der Waals surface area (Å²) in [7, 11) is 2.11. The standard InChI is InChI=1S/C48H33N7/c1-53-42-20-12-11-19-40(42)41(46(53)37-17-9-4-10-18-37)29-30-43-54(38-25-21-33(31-49)22-26-38)47-48(55(43)39-27-23-34(32-50)24-28-39)52-45(36-15-7-3-8-16-36)44(51-47)35-13-5-2-6-14-35/h2-30,43H,1H3/b30-29+. The van der Waals surface area contributed by atoms with Crippen LogP contribution in [-0.2, 0) is 7.05 Å². The molecule has 0 saturated carbocycles. The molecule has 9 rings (SSSR count). The highest BCUT2D eigenvalue weighted by molar-refractivity contribution is 5.98. The molecule has 0 fully saturated rings. The van der Waals surface area contributed by atoms with E-state index in [1.54, 1.807) is 0 Å². The molecule has 0 radical (unpaired) electrons. The van der Waals surface area contributed by atoms with Crippen LogP contribution in [0.15, 0.2) is 170 Å². The Morgan fingerprint density at radius 3 is 1.44 bits per heavy atom. The number of rotatable bonds is 7. The summed E-state index contributed by atoms with van der Waals surface area (Å²) in [6, 6.07) is 59.0. The van der Waals surface area contributed by atoms with Crippen molar-refractivity contribution in [2.24, 2.45) is 7.05 Å². The van der Waals surface area contributed by atoms with Gasteiger partial charge in [0.15, 0.2) is 11.6 Å². The summed E-state index contributed by atoms with van der Waals surface area (Å²) < 4.78 is 2.26. The number of benzene rings is 6. The molecule has 0 amide bonds. The molecule has 0 N–H and O–H groups in total. The molecule has 6 aromatic carbocycles. The van der Waals surface area contributed by atoms with Crippen molar-refractivity contribution < 1.29 is 0 Å². The highest BCUT2D eigenvalue weighted by Gasteiger charge is 2.40. The molecule has 55 heavy (non-hydrogen) atoms. The Morgan fingerprint density at radius 1 is 0.527 bits per heavy atom. The molecule has 0 saturated heterocycles. The summed E-state index contributed by atoms with van der Waals surface area (Å²) in [4.78, 5) is 15.4. The lowest BCUT2D eigenvalue weighted by Gasteiger charge is -2.30. The van der Waals surface area contributed by atoms with Crippen LogP contribution in [0.25, 0.3) is 50.8 Å². The molecular formula is C48H33N7. The molecule has 2 aromatic heterocycles. The molecule has 8 aromatic rings. The Balaban J connectivity index is 1.32. The SMILES string of the molecule is Cn1c(-c2ccccc2)c(/C=C/C2N(c3ccc(C#N)cc3)c3nc(-c4ccccc4)c(-c4ccccc4)nc3N2c2ccc(C#N)cc2)c2ccccc21. The maximum absolute atomic E-state index is 9.73. The predicted molar refractivity (Wildman–Crippen MR) is 221 cm³/mol. The van der Waals surface area contributed by atoms with Gasteiger partial charge >= 0.3 is 0 Å². The van der Waals surface area contributed by atoms with Gasteiger partial charge in [0, 0.05) is 46.0 Å². The zero-order valence-electron chi connectivity index (χ0n) is 30.0. The number of nitriles is 2. The number of anilines is 4. The first-order chi connectivity index (χ1) is 27.1. The second kappa shape index (κ2) is 14.0. The van der Waals surface area contributed by atoms with Gasteiger partial charge in [-0.15, -0.1) is 0 Å². The van der Waals surface area contributed by atoms with Gasteiger partial charge in [0.05, 0.1) is 40.3 Å². The van der Waals surface area contributed by atoms with Crippen molar-refractivity contribution in [3.05, 3.63) is 187 Å². The van der Waals surface area contributed by atoms with Crippen molar-refractivity contribution in [2.75, 3.05) is 9.80 Å². The smallest absolute Gasteiger partial charge is 0.179 e. The third-order valence-electron chi connectivity index (χ3n) is 10.1. The largest absolute Gasteiger partial charge is 0.343 e. The van der Waals surface area contributed by atoms with Crippen molar-refractivity contribution in [1.29, 1.82) is 10.5 Å². The van der Waals surface area contributed by atoms with Gasteiger partial charge in [0.2, 0.25) is 0 Å². The average Bonchev–Trinajstić information content (AvgIpc) is 3.73. The third kappa shape index (κ3) is 5.87. The fourth-order valence-corrected chi connectivity index (χ4v) is 7.54. The molecule has 0 unspecified atom stereocenters. The Labute approximate surface area is 319 Å². The summed E-state index contributed by atoms with van der Waals surface area (Å²) in [5.41, 5.74) is 10.7. The lowest BCUT2D eigenvalue weighted by atomic mass is 10.0. The van der Waals surface area contributed by atoms with Crippen LogP contribution in [0, 0.1) is 22.7 Å². The number of aromatic nitrogens is 3. The molecule has 0 aliphatic carbocycles. The second-order valence-corrected chi connectivity index (χ2v) is 13.3. The topological polar surface area (TPSA) is 84.8 Å². The molecular weight excluding hydrogens is 675 g/mol. The zero-order valence-corrected chi connectivity index (χ0v) is 30.0. The van der Waals surface area contributed by atoms with Gasteiger partial charge in [-0.25, -0.2) is 9.97 Å². The summed E-state index contributed by atoms with van der Waals surface area (Å²) in [6.07, 6.45) is 3.97.